The Bertz CT molecular complexity index is 3130. The van der Waals surface area contributed by atoms with Gasteiger partial charge < -0.3 is 62.8 Å². The Kier molecular flexibility index (Phi) is 8.08. The van der Waals surface area contributed by atoms with Gasteiger partial charge >= 0.3 is 0 Å². The van der Waals surface area contributed by atoms with E-state index in [4.69, 9.17) is 32.4 Å². The number of aromatic amines is 2. The van der Waals surface area contributed by atoms with Crippen molar-refractivity contribution in [2.24, 2.45) is 44.8 Å². The standard InChI is InChI=1S/2C27H29N5O3/c2*28-25(29)30-15-4-5-18-16(10-15)17-11-27(34)20-9-14-3-6-19(33)23-21(14)26(27,24(35-23)22(17)31-18)7-8-32(20)12-13-1-2-13/h2*3-6,10,13,20,24,31,33-34H,1-2,7-9,11-12H2,(H4,28,29,30)/t2*20-,24+,26+,27-/m11/s1. The van der Waals surface area contributed by atoms with Crippen molar-refractivity contribution in [2.75, 3.05) is 26.2 Å². The number of aromatic nitrogens is 2. The van der Waals surface area contributed by atoms with Gasteiger partial charge in [-0.25, -0.2) is 9.98 Å². The maximum absolute atomic E-state index is 12.9. The first-order valence-electron chi connectivity index (χ1n) is 25.2. The SMILES string of the molecule is NC(N)=Nc1ccc2[nH]c3c(c2c1)C[C@@]1(O)[C@H]2Cc4ccc(O)c5c4[C@@]1(CCN2CC1CC1)[C@H]3O5.NC(N)=Nc1ccc2[nH]c3c(c2c1)C[C@@]1(O)[C@H]2Cc4ccc(O)c5c4[C@@]1(CCN2CC1CC1)[C@H]3O5. The zero-order valence-corrected chi connectivity index (χ0v) is 38.8. The van der Waals surface area contributed by atoms with Gasteiger partial charge in [-0.05, 0) is 147 Å². The van der Waals surface area contributed by atoms with Crippen molar-refractivity contribution in [3.63, 3.8) is 0 Å². The number of fused-ring (bicyclic) bond motifs is 8. The number of rotatable bonds is 6. The van der Waals surface area contributed by atoms with Crippen LogP contribution in [0, 0.1) is 11.8 Å². The molecule has 70 heavy (non-hydrogen) atoms. The van der Waals surface area contributed by atoms with Gasteiger partial charge in [0.2, 0.25) is 0 Å². The van der Waals surface area contributed by atoms with E-state index >= 15 is 0 Å². The number of hydrogen-bond donors (Lipinski definition) is 10. The van der Waals surface area contributed by atoms with Gasteiger partial charge in [0.05, 0.1) is 44.8 Å². The minimum atomic E-state index is -1.01. The molecule has 6 heterocycles. The zero-order chi connectivity index (χ0) is 47.4. The summed E-state index contributed by atoms with van der Waals surface area (Å²) in [6.07, 6.45) is 8.54. The molecular weight excluding hydrogens is 885 g/mol. The topological polar surface area (TPSA) is 266 Å². The third kappa shape index (κ3) is 5.24. The van der Waals surface area contributed by atoms with E-state index in [2.05, 4.69) is 29.8 Å². The molecule has 4 aliphatic heterocycles. The van der Waals surface area contributed by atoms with Gasteiger partial charge in [0.1, 0.15) is 0 Å². The van der Waals surface area contributed by atoms with Crippen LogP contribution in [0.5, 0.6) is 23.0 Å². The maximum Gasteiger partial charge on any atom is 0.191 e. The van der Waals surface area contributed by atoms with Crippen molar-refractivity contribution >= 4 is 45.1 Å². The number of nitrogens with zero attached hydrogens (tertiary/aromatic N) is 4. The predicted molar refractivity (Wildman–Crippen MR) is 264 cm³/mol. The second kappa shape index (κ2) is 13.7. The Morgan fingerprint density at radius 2 is 1.04 bits per heavy atom. The number of guanidine groups is 2. The van der Waals surface area contributed by atoms with E-state index in [-0.39, 0.29) is 47.7 Å². The van der Waals surface area contributed by atoms with Gasteiger partial charge in [-0.3, -0.25) is 9.80 Å². The number of likely N-dealkylation sites (tertiary alicyclic amines) is 2. The molecule has 16 nitrogen and oxygen atoms in total. The molecule has 2 spiro atoms. The number of aliphatic hydroxyl groups is 2. The minimum Gasteiger partial charge on any atom is -0.504 e. The second-order valence-corrected chi connectivity index (χ2v) is 22.4. The smallest absolute Gasteiger partial charge is 0.191 e. The van der Waals surface area contributed by atoms with Crippen LogP contribution in [0.2, 0.25) is 0 Å². The number of piperidine rings is 2. The number of hydrogen-bond acceptors (Lipinski definition) is 10. The van der Waals surface area contributed by atoms with Crippen molar-refractivity contribution in [1.29, 1.82) is 0 Å². The number of nitrogens with one attached hydrogen (secondary N) is 2. The third-order valence-electron chi connectivity index (χ3n) is 18.8. The van der Waals surface area contributed by atoms with Crippen LogP contribution >= 0.6 is 0 Å². The molecule has 360 valence electrons. The fourth-order valence-electron chi connectivity index (χ4n) is 15.7. The Labute approximate surface area is 403 Å². The summed E-state index contributed by atoms with van der Waals surface area (Å²) in [6, 6.07) is 19.3. The highest BCUT2D eigenvalue weighted by Crippen LogP contribution is 2.71. The molecule has 2 aromatic heterocycles. The van der Waals surface area contributed by atoms with Crippen LogP contribution in [0.25, 0.3) is 21.8 Å². The number of phenolic OH excluding ortho intramolecular Hbond substituents is 2. The first kappa shape index (κ1) is 41.3. The average molecular weight is 943 g/mol. The third-order valence-corrected chi connectivity index (χ3v) is 18.8. The largest absolute Gasteiger partial charge is 0.504 e. The Morgan fingerprint density at radius 3 is 1.44 bits per heavy atom. The van der Waals surface area contributed by atoms with Crippen LogP contribution in [0.3, 0.4) is 0 Å². The monoisotopic (exact) mass is 942 g/mol. The summed E-state index contributed by atoms with van der Waals surface area (Å²) in [5, 5.41) is 49.4. The van der Waals surface area contributed by atoms with Crippen molar-refractivity contribution in [3.05, 3.63) is 105 Å². The molecule has 2 saturated carbocycles. The molecule has 0 radical (unpaired) electrons. The summed E-state index contributed by atoms with van der Waals surface area (Å²) in [6.45, 7) is 3.96. The van der Waals surface area contributed by atoms with Gasteiger partial charge in [0.15, 0.2) is 47.1 Å². The molecule has 4 bridgehead atoms. The Morgan fingerprint density at radius 1 is 0.614 bits per heavy atom. The van der Waals surface area contributed by atoms with E-state index < -0.39 is 22.0 Å². The molecular formula is C54H58N10O6. The molecule has 0 unspecified atom stereocenters. The molecule has 8 atom stereocenters. The first-order chi connectivity index (χ1) is 33.8. The number of aliphatic imine (C=N–C) groups is 2. The molecule has 16 heteroatoms. The number of aromatic hydroxyl groups is 2. The normalized spacial score (nSPS) is 32.1. The van der Waals surface area contributed by atoms with Crippen LogP contribution in [0.1, 0.15) is 95.5 Å². The first-order valence-corrected chi connectivity index (χ1v) is 25.2. The van der Waals surface area contributed by atoms with E-state index in [1.165, 1.54) is 36.8 Å². The Hall–Kier alpha value is -6.46. The predicted octanol–water partition coefficient (Wildman–Crippen LogP) is 4.96. The summed E-state index contributed by atoms with van der Waals surface area (Å²) in [5.74, 6) is 2.93. The van der Waals surface area contributed by atoms with E-state index in [9.17, 15) is 20.4 Å². The molecule has 4 fully saturated rings. The van der Waals surface area contributed by atoms with Gasteiger partial charge in [0.25, 0.3) is 0 Å². The van der Waals surface area contributed by atoms with Crippen molar-refractivity contribution in [3.8, 4) is 23.0 Å². The van der Waals surface area contributed by atoms with Crippen LogP contribution in [0.4, 0.5) is 11.4 Å². The van der Waals surface area contributed by atoms with Crippen molar-refractivity contribution < 1.29 is 29.9 Å². The highest BCUT2D eigenvalue weighted by Gasteiger charge is 2.74. The number of phenols is 2. The fraction of sp³-hybridized carbons (Fsp3) is 0.444. The Balaban J connectivity index is 0.000000126. The molecule has 6 aliphatic carbocycles. The fourth-order valence-corrected chi connectivity index (χ4v) is 15.7. The molecule has 0 amide bonds. The quantitative estimate of drug-likeness (QED) is 0.0785. The summed E-state index contributed by atoms with van der Waals surface area (Å²) in [7, 11) is 0. The summed E-state index contributed by atoms with van der Waals surface area (Å²) < 4.78 is 13.3. The number of H-pyrrole nitrogens is 2. The summed E-state index contributed by atoms with van der Waals surface area (Å²) >= 11 is 0. The molecule has 10 aliphatic rings. The van der Waals surface area contributed by atoms with E-state index in [1.54, 1.807) is 12.1 Å². The van der Waals surface area contributed by atoms with Gasteiger partial charge in [-0.15, -0.1) is 0 Å². The minimum absolute atomic E-state index is 0.00457. The number of nitrogens with two attached hydrogens (primary N) is 4. The maximum atomic E-state index is 12.9. The molecule has 16 rings (SSSR count). The van der Waals surface area contributed by atoms with E-state index in [0.29, 0.717) is 35.7 Å². The lowest BCUT2D eigenvalue weighted by molar-refractivity contribution is -0.173. The van der Waals surface area contributed by atoms with Crippen molar-refractivity contribution in [1.82, 2.24) is 19.8 Å². The van der Waals surface area contributed by atoms with Gasteiger partial charge in [0, 0.05) is 70.9 Å². The van der Waals surface area contributed by atoms with Gasteiger partial charge in [-0.2, -0.15) is 0 Å². The van der Waals surface area contributed by atoms with E-state index in [0.717, 1.165) is 119 Å². The summed E-state index contributed by atoms with van der Waals surface area (Å²) in [5.41, 5.74) is 31.2. The van der Waals surface area contributed by atoms with Crippen LogP contribution in [0.15, 0.2) is 70.6 Å². The zero-order valence-electron chi connectivity index (χ0n) is 38.8. The van der Waals surface area contributed by atoms with Crippen LogP contribution in [-0.2, 0) is 36.5 Å². The second-order valence-electron chi connectivity index (χ2n) is 22.4. The molecule has 6 aromatic rings. The highest BCUT2D eigenvalue weighted by molar-refractivity contribution is 5.91. The lowest BCUT2D eigenvalue weighted by atomic mass is 9.49. The molecule has 2 saturated heterocycles. The number of ether oxygens (including phenoxy) is 2. The lowest BCUT2D eigenvalue weighted by Crippen LogP contribution is -2.74. The highest BCUT2D eigenvalue weighted by atomic mass is 16.5. The summed E-state index contributed by atoms with van der Waals surface area (Å²) in [4.78, 5) is 20.8. The van der Waals surface area contributed by atoms with Crippen LogP contribution in [-0.4, -0.2) is 102 Å². The van der Waals surface area contributed by atoms with Crippen molar-refractivity contribution in [2.45, 2.75) is 111 Å². The molecule has 14 N–H and O–H groups in total. The number of benzene rings is 4. The van der Waals surface area contributed by atoms with Gasteiger partial charge in [-0.1, -0.05) is 12.1 Å². The van der Waals surface area contributed by atoms with Crippen LogP contribution < -0.4 is 32.4 Å². The average Bonchev–Trinajstić information content (AvgIpc) is 4.19. The molecule has 4 aromatic carbocycles. The lowest BCUT2D eigenvalue weighted by Gasteiger charge is -2.62. The van der Waals surface area contributed by atoms with E-state index in [1.807, 2.05) is 48.5 Å².